The minimum atomic E-state index is -4.39. The number of carbonyl (C=O) groups excluding carboxylic acids is 1. The molecule has 1 aromatic carbocycles. The fourth-order valence-corrected chi connectivity index (χ4v) is 4.43. The van der Waals surface area contributed by atoms with Crippen molar-refractivity contribution in [3.05, 3.63) is 59.4 Å². The van der Waals surface area contributed by atoms with Crippen molar-refractivity contribution in [2.45, 2.75) is 32.2 Å². The van der Waals surface area contributed by atoms with Crippen LogP contribution in [0, 0.1) is 0 Å². The van der Waals surface area contributed by atoms with Gasteiger partial charge in [0.15, 0.2) is 0 Å². The number of carbonyl (C=O) groups is 1. The molecule has 2 aliphatic rings. The molecule has 0 radical (unpaired) electrons. The van der Waals surface area contributed by atoms with E-state index in [1.807, 2.05) is 30.2 Å². The molecule has 11 heteroatoms. The average Bonchev–Trinajstić information content (AvgIpc) is 3.26. The molecule has 1 amide bonds. The van der Waals surface area contributed by atoms with E-state index in [1.54, 1.807) is 6.07 Å². The lowest BCUT2D eigenvalue weighted by molar-refractivity contribution is -0.137. The van der Waals surface area contributed by atoms with Crippen LogP contribution in [0.15, 0.2) is 42.7 Å². The van der Waals surface area contributed by atoms with Crippen LogP contribution in [-0.4, -0.2) is 51.9 Å². The number of H-pyrrole nitrogens is 1. The number of hydrogen-bond donors (Lipinski definition) is 2. The fraction of sp³-hybridized carbons (Fsp3) is 0.348. The van der Waals surface area contributed by atoms with Gasteiger partial charge in [0, 0.05) is 67.8 Å². The molecule has 3 aromatic rings. The highest BCUT2D eigenvalue weighted by Crippen LogP contribution is 2.31. The highest BCUT2D eigenvalue weighted by molar-refractivity contribution is 5.74. The highest BCUT2D eigenvalue weighted by Gasteiger charge is 2.32. The number of nitrogens with one attached hydrogen (secondary N) is 2. The summed E-state index contributed by atoms with van der Waals surface area (Å²) in [5, 5.41) is 10.0. The van der Waals surface area contributed by atoms with Crippen LogP contribution in [0.4, 0.5) is 23.8 Å². The predicted octanol–water partition coefficient (Wildman–Crippen LogP) is 3.80. The number of aromatic amines is 1. The van der Waals surface area contributed by atoms with Gasteiger partial charge < -0.3 is 15.0 Å². The molecule has 0 saturated carbocycles. The smallest absolute Gasteiger partial charge is 0.410 e. The summed E-state index contributed by atoms with van der Waals surface area (Å²) in [7, 11) is 0. The van der Waals surface area contributed by atoms with Crippen LogP contribution in [0.3, 0.4) is 0 Å². The van der Waals surface area contributed by atoms with Crippen LogP contribution in [0.5, 0.6) is 5.75 Å². The molecule has 1 atom stereocenters. The number of anilines is 1. The average molecular weight is 472 g/mol. The summed E-state index contributed by atoms with van der Waals surface area (Å²) in [6.45, 7) is 5.25. The zero-order valence-electron chi connectivity index (χ0n) is 18.4. The molecule has 2 N–H and O–H groups in total. The predicted molar refractivity (Wildman–Crippen MR) is 118 cm³/mol. The Morgan fingerprint density at radius 2 is 2.06 bits per heavy atom. The van der Waals surface area contributed by atoms with Crippen LogP contribution in [0.25, 0.3) is 11.3 Å². The van der Waals surface area contributed by atoms with Crippen molar-refractivity contribution in [2.24, 2.45) is 0 Å². The summed E-state index contributed by atoms with van der Waals surface area (Å²) in [6, 6.07) is 8.22. The number of alkyl halides is 3. The quantitative estimate of drug-likeness (QED) is 0.601. The number of halogens is 3. The molecule has 4 heterocycles. The van der Waals surface area contributed by atoms with Gasteiger partial charge in [0.05, 0.1) is 11.3 Å². The van der Waals surface area contributed by atoms with E-state index in [0.717, 1.165) is 47.7 Å². The standard InChI is InChI=1S/C23H23F3N6O2/c1-14-12-31(6-7-32(14)20-5-3-18(11-27-20)23(24,25)26)13-17-10-29-30-21(17)15-2-4-19-16(8-15)9-28-22(33)34-19/h2-5,8,10-11,14H,6-7,9,12-13H2,1H3,(H,28,33)(H,29,30). The minimum Gasteiger partial charge on any atom is -0.410 e. The molecule has 0 bridgehead atoms. The second-order valence-corrected chi connectivity index (χ2v) is 8.51. The lowest BCUT2D eigenvalue weighted by atomic mass is 10.0. The van der Waals surface area contributed by atoms with Gasteiger partial charge in [-0.3, -0.25) is 10.00 Å². The van der Waals surface area contributed by atoms with Crippen LogP contribution >= 0.6 is 0 Å². The van der Waals surface area contributed by atoms with E-state index in [0.29, 0.717) is 31.2 Å². The van der Waals surface area contributed by atoms with Crippen molar-refractivity contribution in [3.8, 4) is 17.0 Å². The van der Waals surface area contributed by atoms with E-state index >= 15 is 0 Å². The van der Waals surface area contributed by atoms with Gasteiger partial charge >= 0.3 is 12.3 Å². The van der Waals surface area contributed by atoms with Crippen molar-refractivity contribution >= 4 is 11.9 Å². The van der Waals surface area contributed by atoms with Crippen LogP contribution < -0.4 is 15.0 Å². The monoisotopic (exact) mass is 472 g/mol. The molecule has 2 aromatic heterocycles. The number of aromatic nitrogens is 3. The zero-order chi connectivity index (χ0) is 23.9. The Morgan fingerprint density at radius 1 is 1.21 bits per heavy atom. The first-order valence-electron chi connectivity index (χ1n) is 10.9. The third-order valence-electron chi connectivity index (χ3n) is 6.15. The van der Waals surface area contributed by atoms with Gasteiger partial charge in [0.2, 0.25) is 0 Å². The molecule has 178 valence electrons. The zero-order valence-corrected chi connectivity index (χ0v) is 18.4. The summed E-state index contributed by atoms with van der Waals surface area (Å²) in [5.41, 5.74) is 2.94. The molecule has 5 rings (SSSR count). The number of piperazine rings is 1. The van der Waals surface area contributed by atoms with E-state index in [9.17, 15) is 18.0 Å². The Kier molecular flexibility index (Phi) is 5.64. The van der Waals surface area contributed by atoms with Crippen molar-refractivity contribution in [1.82, 2.24) is 25.4 Å². The van der Waals surface area contributed by atoms with E-state index in [-0.39, 0.29) is 6.04 Å². The number of fused-ring (bicyclic) bond motifs is 1. The molecule has 1 saturated heterocycles. The Bertz CT molecular complexity index is 1190. The number of hydrogen-bond acceptors (Lipinski definition) is 6. The summed E-state index contributed by atoms with van der Waals surface area (Å²) in [6.07, 6.45) is -2.08. The number of ether oxygens (including phenoxy) is 1. The molecule has 0 spiro atoms. The molecular weight excluding hydrogens is 449 g/mol. The highest BCUT2D eigenvalue weighted by atomic mass is 19.4. The van der Waals surface area contributed by atoms with Gasteiger partial charge in [-0.1, -0.05) is 0 Å². The van der Waals surface area contributed by atoms with Gasteiger partial charge in [-0.2, -0.15) is 18.3 Å². The van der Waals surface area contributed by atoms with Gasteiger partial charge in [0.1, 0.15) is 11.6 Å². The maximum atomic E-state index is 12.8. The van der Waals surface area contributed by atoms with Gasteiger partial charge in [-0.15, -0.1) is 0 Å². The second kappa shape index (κ2) is 8.64. The van der Waals surface area contributed by atoms with Gasteiger partial charge in [0.25, 0.3) is 0 Å². The lowest BCUT2D eigenvalue weighted by Gasteiger charge is -2.40. The number of benzene rings is 1. The van der Waals surface area contributed by atoms with Crippen molar-refractivity contribution < 1.29 is 22.7 Å². The van der Waals surface area contributed by atoms with E-state index < -0.39 is 17.8 Å². The van der Waals surface area contributed by atoms with E-state index in [4.69, 9.17) is 4.74 Å². The van der Waals surface area contributed by atoms with E-state index in [1.165, 1.54) is 6.07 Å². The van der Waals surface area contributed by atoms with E-state index in [2.05, 4.69) is 25.4 Å². The van der Waals surface area contributed by atoms with Crippen molar-refractivity contribution in [2.75, 3.05) is 24.5 Å². The summed E-state index contributed by atoms with van der Waals surface area (Å²) < 4.78 is 43.7. The number of rotatable bonds is 4. The summed E-state index contributed by atoms with van der Waals surface area (Å²) in [4.78, 5) is 19.8. The Morgan fingerprint density at radius 3 is 2.79 bits per heavy atom. The molecule has 0 aliphatic carbocycles. The molecule has 1 unspecified atom stereocenters. The number of pyridine rings is 1. The summed E-state index contributed by atoms with van der Waals surface area (Å²) in [5.74, 6) is 1.10. The number of amides is 1. The van der Waals surface area contributed by atoms with Crippen LogP contribution in [0.2, 0.25) is 0 Å². The molecule has 2 aliphatic heterocycles. The van der Waals surface area contributed by atoms with Gasteiger partial charge in [-0.05, 0) is 37.3 Å². The first-order valence-corrected chi connectivity index (χ1v) is 10.9. The maximum Gasteiger partial charge on any atom is 0.417 e. The third kappa shape index (κ3) is 4.43. The van der Waals surface area contributed by atoms with Crippen molar-refractivity contribution in [1.29, 1.82) is 0 Å². The maximum absolute atomic E-state index is 12.8. The Labute approximate surface area is 193 Å². The molecule has 1 fully saturated rings. The molecule has 34 heavy (non-hydrogen) atoms. The Balaban J connectivity index is 1.26. The normalized spacial score (nSPS) is 18.9. The lowest BCUT2D eigenvalue weighted by Crippen LogP contribution is -2.51. The molecule has 8 nitrogen and oxygen atoms in total. The third-order valence-corrected chi connectivity index (χ3v) is 6.15. The first kappa shape index (κ1) is 22.2. The Hall–Kier alpha value is -3.60. The topological polar surface area (TPSA) is 86.4 Å². The fourth-order valence-electron chi connectivity index (χ4n) is 4.43. The van der Waals surface area contributed by atoms with Crippen LogP contribution in [0.1, 0.15) is 23.6 Å². The van der Waals surface area contributed by atoms with Crippen molar-refractivity contribution in [3.63, 3.8) is 0 Å². The molecular formula is C23H23F3N6O2. The SMILES string of the molecule is CC1CN(Cc2c[nH]nc2-c2ccc3c(c2)CNC(=O)O3)CCN1c1ccc(C(F)(F)F)cn1. The summed E-state index contributed by atoms with van der Waals surface area (Å²) >= 11 is 0. The first-order chi connectivity index (χ1) is 16.3. The largest absolute Gasteiger partial charge is 0.417 e. The number of nitrogens with zero attached hydrogens (tertiary/aromatic N) is 4. The minimum absolute atomic E-state index is 0.0813. The second-order valence-electron chi connectivity index (χ2n) is 8.51. The van der Waals surface area contributed by atoms with Gasteiger partial charge in [-0.25, -0.2) is 9.78 Å². The van der Waals surface area contributed by atoms with Crippen LogP contribution in [-0.2, 0) is 19.3 Å².